The van der Waals surface area contributed by atoms with Gasteiger partial charge in [0, 0.05) is 24.2 Å². The largest absolute Gasteiger partial charge is 0.313 e. The van der Waals surface area contributed by atoms with Crippen LogP contribution in [0.25, 0.3) is 0 Å². The van der Waals surface area contributed by atoms with Crippen molar-refractivity contribution in [3.05, 3.63) is 59.1 Å². The predicted octanol–water partition coefficient (Wildman–Crippen LogP) is 4.24. The van der Waals surface area contributed by atoms with Gasteiger partial charge < -0.3 is 9.80 Å². The number of benzene rings is 2. The molecule has 5 heteroatoms. The van der Waals surface area contributed by atoms with Crippen LogP contribution in [0.3, 0.4) is 0 Å². The second kappa shape index (κ2) is 6.89. The lowest BCUT2D eigenvalue weighted by atomic mass is 9.94. The lowest BCUT2D eigenvalue weighted by Gasteiger charge is -2.26. The number of hydrogen-bond donors (Lipinski definition) is 0. The first-order chi connectivity index (χ1) is 11.9. The number of halogens is 1. The number of amides is 2. The van der Waals surface area contributed by atoms with E-state index in [-0.39, 0.29) is 23.7 Å². The molecule has 2 amide bonds. The van der Waals surface area contributed by atoms with E-state index in [1.165, 1.54) is 0 Å². The van der Waals surface area contributed by atoms with Crippen molar-refractivity contribution in [2.45, 2.75) is 13.8 Å². The van der Waals surface area contributed by atoms with E-state index in [1.54, 1.807) is 41.1 Å². The lowest BCUT2D eigenvalue weighted by Crippen LogP contribution is -2.41. The summed E-state index contributed by atoms with van der Waals surface area (Å²) in [7, 11) is 1.77. The Bertz CT molecular complexity index is 802. The molecule has 0 radical (unpaired) electrons. The summed E-state index contributed by atoms with van der Waals surface area (Å²) >= 11 is 5.94. The van der Waals surface area contributed by atoms with E-state index in [0.717, 1.165) is 11.4 Å². The number of para-hydroxylation sites is 2. The molecule has 2 aromatic carbocycles. The highest BCUT2D eigenvalue weighted by molar-refractivity contribution is 6.30. The van der Waals surface area contributed by atoms with E-state index in [1.807, 2.05) is 38.1 Å². The third-order valence-electron chi connectivity index (χ3n) is 4.70. The molecule has 2 aromatic rings. The molecule has 1 atom stereocenters. The van der Waals surface area contributed by atoms with Crippen LogP contribution in [0.4, 0.5) is 11.4 Å². The molecule has 3 rings (SSSR count). The summed E-state index contributed by atoms with van der Waals surface area (Å²) in [6.45, 7) is 4.38. The summed E-state index contributed by atoms with van der Waals surface area (Å²) in [6.07, 6.45) is 0. The standard InChI is InChI=1S/C20H21ClN2O2/c1-13(2)16-12-23(19(24)14-8-10-15(21)11-9-14)18-7-5-4-6-17(18)22(3)20(16)25/h4-11,13,16H,12H2,1-3H3/t16-/m1/s1. The molecular formula is C20H21ClN2O2. The fraction of sp³-hybridized carbons (Fsp3) is 0.300. The molecule has 0 bridgehead atoms. The molecule has 0 N–H and O–H groups in total. The number of rotatable bonds is 2. The maximum Gasteiger partial charge on any atom is 0.258 e. The molecule has 0 saturated carbocycles. The normalized spacial score (nSPS) is 17.5. The number of hydrogen-bond acceptors (Lipinski definition) is 2. The van der Waals surface area contributed by atoms with Crippen LogP contribution in [0.1, 0.15) is 24.2 Å². The molecule has 1 heterocycles. The Morgan fingerprint density at radius 2 is 1.68 bits per heavy atom. The average molecular weight is 357 g/mol. The highest BCUT2D eigenvalue weighted by Crippen LogP contribution is 2.35. The zero-order valence-electron chi connectivity index (χ0n) is 14.6. The van der Waals surface area contributed by atoms with Crippen molar-refractivity contribution in [1.82, 2.24) is 0 Å². The van der Waals surface area contributed by atoms with E-state index in [2.05, 4.69) is 0 Å². The first kappa shape index (κ1) is 17.5. The van der Waals surface area contributed by atoms with Crippen molar-refractivity contribution in [3.8, 4) is 0 Å². The molecule has 0 saturated heterocycles. The van der Waals surface area contributed by atoms with Crippen LogP contribution in [0.5, 0.6) is 0 Å². The van der Waals surface area contributed by atoms with Crippen molar-refractivity contribution in [1.29, 1.82) is 0 Å². The second-order valence-electron chi connectivity index (χ2n) is 6.66. The summed E-state index contributed by atoms with van der Waals surface area (Å²) in [5.74, 6) is -0.217. The number of nitrogens with zero attached hydrogens (tertiary/aromatic N) is 2. The first-order valence-corrected chi connectivity index (χ1v) is 8.72. The Morgan fingerprint density at radius 1 is 1.08 bits per heavy atom. The highest BCUT2D eigenvalue weighted by Gasteiger charge is 2.36. The third-order valence-corrected chi connectivity index (χ3v) is 4.95. The van der Waals surface area contributed by atoms with Crippen LogP contribution in [0.15, 0.2) is 48.5 Å². The summed E-state index contributed by atoms with van der Waals surface area (Å²) in [5, 5.41) is 0.586. The fourth-order valence-electron chi connectivity index (χ4n) is 3.15. The van der Waals surface area contributed by atoms with Crippen LogP contribution in [-0.4, -0.2) is 25.4 Å². The van der Waals surface area contributed by atoms with Gasteiger partial charge in [-0.05, 0) is 42.3 Å². The Balaban J connectivity index is 2.09. The van der Waals surface area contributed by atoms with Gasteiger partial charge in [0.05, 0.1) is 17.3 Å². The summed E-state index contributed by atoms with van der Waals surface area (Å²) in [6, 6.07) is 14.4. The average Bonchev–Trinajstić information content (AvgIpc) is 2.71. The van der Waals surface area contributed by atoms with Gasteiger partial charge in [-0.3, -0.25) is 9.59 Å². The molecule has 0 spiro atoms. The third kappa shape index (κ3) is 3.27. The van der Waals surface area contributed by atoms with Crippen molar-refractivity contribution in [2.24, 2.45) is 11.8 Å². The van der Waals surface area contributed by atoms with E-state index in [9.17, 15) is 9.59 Å². The number of carbonyl (C=O) groups excluding carboxylic acids is 2. The summed E-state index contributed by atoms with van der Waals surface area (Å²) in [5.41, 5.74) is 2.05. The van der Waals surface area contributed by atoms with Crippen LogP contribution >= 0.6 is 11.6 Å². The minimum Gasteiger partial charge on any atom is -0.313 e. The minimum absolute atomic E-state index is 0.0360. The molecule has 0 aliphatic carbocycles. The Kier molecular flexibility index (Phi) is 4.82. The second-order valence-corrected chi connectivity index (χ2v) is 7.10. The number of anilines is 2. The molecule has 130 valence electrons. The van der Waals surface area contributed by atoms with Gasteiger partial charge in [-0.15, -0.1) is 0 Å². The quantitative estimate of drug-likeness (QED) is 0.807. The van der Waals surface area contributed by atoms with Gasteiger partial charge >= 0.3 is 0 Å². The van der Waals surface area contributed by atoms with Gasteiger partial charge in [0.25, 0.3) is 5.91 Å². The SMILES string of the molecule is CC(C)[C@H]1CN(C(=O)c2ccc(Cl)cc2)c2ccccc2N(C)C1=O. The van der Waals surface area contributed by atoms with Gasteiger partial charge in [-0.2, -0.15) is 0 Å². The van der Waals surface area contributed by atoms with E-state index in [0.29, 0.717) is 17.1 Å². The van der Waals surface area contributed by atoms with Gasteiger partial charge in [-0.25, -0.2) is 0 Å². The topological polar surface area (TPSA) is 40.6 Å². The van der Waals surface area contributed by atoms with Gasteiger partial charge in [-0.1, -0.05) is 37.6 Å². The van der Waals surface area contributed by atoms with Crippen molar-refractivity contribution >= 4 is 34.8 Å². The van der Waals surface area contributed by atoms with Crippen LogP contribution in [-0.2, 0) is 4.79 Å². The zero-order valence-corrected chi connectivity index (χ0v) is 15.3. The molecular weight excluding hydrogens is 336 g/mol. The van der Waals surface area contributed by atoms with E-state index < -0.39 is 0 Å². The molecule has 1 aliphatic heterocycles. The minimum atomic E-state index is -0.256. The monoisotopic (exact) mass is 356 g/mol. The molecule has 0 aromatic heterocycles. The van der Waals surface area contributed by atoms with Crippen LogP contribution in [0, 0.1) is 11.8 Å². The van der Waals surface area contributed by atoms with Crippen molar-refractivity contribution in [3.63, 3.8) is 0 Å². The van der Waals surface area contributed by atoms with Crippen LogP contribution in [0.2, 0.25) is 5.02 Å². The Morgan fingerprint density at radius 3 is 2.28 bits per heavy atom. The van der Waals surface area contributed by atoms with Gasteiger partial charge in [0.15, 0.2) is 0 Å². The van der Waals surface area contributed by atoms with E-state index >= 15 is 0 Å². The lowest BCUT2D eigenvalue weighted by molar-refractivity contribution is -0.122. The first-order valence-electron chi connectivity index (χ1n) is 8.34. The Hall–Kier alpha value is -2.33. The molecule has 4 nitrogen and oxygen atoms in total. The fourth-order valence-corrected chi connectivity index (χ4v) is 3.28. The maximum absolute atomic E-state index is 13.2. The number of fused-ring (bicyclic) bond motifs is 1. The van der Waals surface area contributed by atoms with Crippen molar-refractivity contribution in [2.75, 3.05) is 23.4 Å². The highest BCUT2D eigenvalue weighted by atomic mass is 35.5. The predicted molar refractivity (Wildman–Crippen MR) is 101 cm³/mol. The number of carbonyl (C=O) groups is 2. The molecule has 0 fully saturated rings. The summed E-state index contributed by atoms with van der Waals surface area (Å²) in [4.78, 5) is 29.4. The Labute approximate surface area is 153 Å². The van der Waals surface area contributed by atoms with Gasteiger partial charge in [0.1, 0.15) is 0 Å². The molecule has 25 heavy (non-hydrogen) atoms. The molecule has 1 aliphatic rings. The summed E-state index contributed by atoms with van der Waals surface area (Å²) < 4.78 is 0. The van der Waals surface area contributed by atoms with Crippen molar-refractivity contribution < 1.29 is 9.59 Å². The van der Waals surface area contributed by atoms with Crippen LogP contribution < -0.4 is 9.80 Å². The molecule has 0 unspecified atom stereocenters. The zero-order chi connectivity index (χ0) is 18.1. The maximum atomic E-state index is 13.2. The van der Waals surface area contributed by atoms with Gasteiger partial charge in [0.2, 0.25) is 5.91 Å². The van der Waals surface area contributed by atoms with E-state index in [4.69, 9.17) is 11.6 Å². The smallest absolute Gasteiger partial charge is 0.258 e.